The molecule has 0 radical (unpaired) electrons. The number of benzene rings is 2. The predicted molar refractivity (Wildman–Crippen MR) is 95.2 cm³/mol. The van der Waals surface area contributed by atoms with E-state index in [-0.39, 0.29) is 5.41 Å². The van der Waals surface area contributed by atoms with E-state index in [2.05, 4.69) is 48.8 Å². The van der Waals surface area contributed by atoms with Crippen LogP contribution in [0.25, 0.3) is 0 Å². The molecule has 2 aromatic rings. The Bertz CT molecular complexity index is 677. The van der Waals surface area contributed by atoms with E-state index >= 15 is 0 Å². The summed E-state index contributed by atoms with van der Waals surface area (Å²) in [5, 5.41) is 0. The van der Waals surface area contributed by atoms with Crippen LogP contribution in [-0.4, -0.2) is 4.99 Å². The Morgan fingerprint density at radius 1 is 1.10 bits per heavy atom. The van der Waals surface area contributed by atoms with Gasteiger partial charge in [-0.2, -0.15) is 0 Å². The largest absolute Gasteiger partial charge is 0.457 e. The highest BCUT2D eigenvalue weighted by Gasteiger charge is 2.14. The van der Waals surface area contributed by atoms with Gasteiger partial charge >= 0.3 is 0 Å². The molecule has 0 amide bonds. The van der Waals surface area contributed by atoms with Crippen molar-refractivity contribution in [2.24, 2.45) is 5.73 Å². The maximum atomic E-state index is 5.92. The van der Waals surface area contributed by atoms with Crippen LogP contribution in [0, 0.1) is 0 Å². The molecular weight excluding hydrogens is 346 g/mol. The molecule has 0 bridgehead atoms. The van der Waals surface area contributed by atoms with E-state index in [1.165, 1.54) is 5.56 Å². The Morgan fingerprint density at radius 2 is 1.76 bits per heavy atom. The molecule has 2 nitrogen and oxygen atoms in total. The Morgan fingerprint density at radius 3 is 2.33 bits per heavy atom. The molecular formula is C17H18BrNOS. The molecule has 0 aliphatic carbocycles. The van der Waals surface area contributed by atoms with Gasteiger partial charge in [0.05, 0.1) is 0 Å². The van der Waals surface area contributed by atoms with Gasteiger partial charge in [-0.1, -0.05) is 45.1 Å². The molecule has 0 fully saturated rings. The lowest BCUT2D eigenvalue weighted by Gasteiger charge is -2.19. The fourth-order valence-electron chi connectivity index (χ4n) is 1.92. The first kappa shape index (κ1) is 16.0. The fourth-order valence-corrected chi connectivity index (χ4v) is 2.80. The standard InChI is InChI=1S/C17H18BrNOS/c1-17(2,3)11-5-4-6-12(9-11)20-13-7-8-14(16(19)21)15(18)10-13/h4-10H,1-3H3,(H2,19,21). The molecule has 2 N–H and O–H groups in total. The summed E-state index contributed by atoms with van der Waals surface area (Å²) in [5.41, 5.74) is 7.78. The minimum absolute atomic E-state index is 0.0928. The van der Waals surface area contributed by atoms with E-state index in [9.17, 15) is 0 Å². The number of rotatable bonds is 3. The van der Waals surface area contributed by atoms with E-state index in [1.807, 2.05) is 30.3 Å². The third-order valence-electron chi connectivity index (χ3n) is 3.14. The van der Waals surface area contributed by atoms with Crippen molar-refractivity contribution in [1.29, 1.82) is 0 Å². The number of thiocarbonyl (C=S) groups is 1. The van der Waals surface area contributed by atoms with Crippen molar-refractivity contribution in [3.05, 3.63) is 58.1 Å². The van der Waals surface area contributed by atoms with Crippen LogP contribution in [0.5, 0.6) is 11.5 Å². The van der Waals surface area contributed by atoms with E-state index in [0.717, 1.165) is 21.5 Å². The second-order valence-electron chi connectivity index (χ2n) is 5.89. The SMILES string of the molecule is CC(C)(C)c1cccc(Oc2ccc(C(N)=S)c(Br)c2)c1. The summed E-state index contributed by atoms with van der Waals surface area (Å²) in [6.45, 7) is 6.54. The molecule has 0 spiro atoms. The monoisotopic (exact) mass is 363 g/mol. The number of hydrogen-bond acceptors (Lipinski definition) is 2. The zero-order chi connectivity index (χ0) is 15.6. The van der Waals surface area contributed by atoms with Crippen LogP contribution in [0.2, 0.25) is 0 Å². The van der Waals surface area contributed by atoms with Gasteiger partial charge < -0.3 is 10.5 Å². The average molecular weight is 364 g/mol. The first-order valence-electron chi connectivity index (χ1n) is 6.65. The molecule has 2 aromatic carbocycles. The van der Waals surface area contributed by atoms with Crippen molar-refractivity contribution in [3.8, 4) is 11.5 Å². The van der Waals surface area contributed by atoms with Crippen LogP contribution in [-0.2, 0) is 5.41 Å². The van der Waals surface area contributed by atoms with Crippen molar-refractivity contribution >= 4 is 33.1 Å². The lowest BCUT2D eigenvalue weighted by atomic mass is 9.87. The zero-order valence-electron chi connectivity index (χ0n) is 12.3. The number of nitrogens with two attached hydrogens (primary N) is 1. The van der Waals surface area contributed by atoms with Crippen molar-refractivity contribution < 1.29 is 4.74 Å². The molecule has 0 atom stereocenters. The zero-order valence-corrected chi connectivity index (χ0v) is 14.7. The quantitative estimate of drug-likeness (QED) is 0.763. The van der Waals surface area contributed by atoms with Crippen molar-refractivity contribution in [2.75, 3.05) is 0 Å². The number of hydrogen-bond donors (Lipinski definition) is 1. The molecule has 4 heteroatoms. The second-order valence-corrected chi connectivity index (χ2v) is 7.18. The molecule has 0 heterocycles. The molecule has 0 aliphatic rings. The van der Waals surface area contributed by atoms with Crippen molar-refractivity contribution in [2.45, 2.75) is 26.2 Å². The van der Waals surface area contributed by atoms with Gasteiger partial charge in [0.2, 0.25) is 0 Å². The first-order valence-corrected chi connectivity index (χ1v) is 7.85. The summed E-state index contributed by atoms with van der Waals surface area (Å²) in [5.74, 6) is 1.56. The van der Waals surface area contributed by atoms with Gasteiger partial charge in [-0.3, -0.25) is 0 Å². The third kappa shape index (κ3) is 4.05. The summed E-state index contributed by atoms with van der Waals surface area (Å²) < 4.78 is 6.75. The molecule has 0 aliphatic heterocycles. The van der Waals surface area contributed by atoms with Gasteiger partial charge in [0, 0.05) is 10.0 Å². The maximum absolute atomic E-state index is 5.92. The molecule has 0 saturated carbocycles. The molecule has 2 rings (SSSR count). The normalized spacial score (nSPS) is 11.2. The fraction of sp³-hybridized carbons (Fsp3) is 0.235. The Hall–Kier alpha value is -1.39. The van der Waals surface area contributed by atoms with Gasteiger partial charge in [0.25, 0.3) is 0 Å². The van der Waals surface area contributed by atoms with Crippen LogP contribution in [0.15, 0.2) is 46.9 Å². The van der Waals surface area contributed by atoms with Crippen molar-refractivity contribution in [1.82, 2.24) is 0 Å². The minimum Gasteiger partial charge on any atom is -0.457 e. The van der Waals surface area contributed by atoms with E-state index in [4.69, 9.17) is 22.7 Å². The highest BCUT2D eigenvalue weighted by molar-refractivity contribution is 9.10. The van der Waals surface area contributed by atoms with Crippen LogP contribution in [0.4, 0.5) is 0 Å². The molecule has 0 saturated heterocycles. The van der Waals surface area contributed by atoms with Crippen LogP contribution < -0.4 is 10.5 Å². The number of halogens is 1. The Labute approximate surface area is 139 Å². The lowest BCUT2D eigenvalue weighted by Crippen LogP contribution is -2.10. The molecule has 110 valence electrons. The summed E-state index contributed by atoms with van der Waals surface area (Å²) in [4.78, 5) is 0.364. The van der Waals surface area contributed by atoms with Gasteiger partial charge in [-0.05, 0) is 57.2 Å². The van der Waals surface area contributed by atoms with Crippen LogP contribution >= 0.6 is 28.1 Å². The maximum Gasteiger partial charge on any atom is 0.128 e. The van der Waals surface area contributed by atoms with E-state index in [0.29, 0.717) is 4.99 Å². The molecule has 0 aromatic heterocycles. The number of ether oxygens (including phenoxy) is 1. The smallest absolute Gasteiger partial charge is 0.128 e. The second kappa shape index (κ2) is 6.16. The average Bonchev–Trinajstić information content (AvgIpc) is 2.37. The predicted octanol–water partition coefficient (Wildman–Crippen LogP) is 5.17. The Kier molecular flexibility index (Phi) is 4.69. The molecule has 21 heavy (non-hydrogen) atoms. The lowest BCUT2D eigenvalue weighted by molar-refractivity contribution is 0.478. The Balaban J connectivity index is 2.27. The van der Waals surface area contributed by atoms with E-state index < -0.39 is 0 Å². The summed E-state index contributed by atoms with van der Waals surface area (Å²) >= 11 is 8.45. The van der Waals surface area contributed by atoms with Gasteiger partial charge in [0.1, 0.15) is 16.5 Å². The minimum atomic E-state index is 0.0928. The van der Waals surface area contributed by atoms with Gasteiger partial charge in [0.15, 0.2) is 0 Å². The topological polar surface area (TPSA) is 35.2 Å². The first-order chi connectivity index (χ1) is 9.77. The highest BCUT2D eigenvalue weighted by atomic mass is 79.9. The summed E-state index contributed by atoms with van der Waals surface area (Å²) in [6.07, 6.45) is 0. The van der Waals surface area contributed by atoms with E-state index in [1.54, 1.807) is 0 Å². The van der Waals surface area contributed by atoms with Gasteiger partial charge in [-0.25, -0.2) is 0 Å². The molecule has 0 unspecified atom stereocenters. The third-order valence-corrected chi connectivity index (χ3v) is 4.02. The van der Waals surface area contributed by atoms with Gasteiger partial charge in [-0.15, -0.1) is 0 Å². The van der Waals surface area contributed by atoms with Crippen LogP contribution in [0.3, 0.4) is 0 Å². The van der Waals surface area contributed by atoms with Crippen molar-refractivity contribution in [3.63, 3.8) is 0 Å². The van der Waals surface area contributed by atoms with Crippen LogP contribution in [0.1, 0.15) is 31.9 Å². The highest BCUT2D eigenvalue weighted by Crippen LogP contribution is 2.30. The summed E-state index contributed by atoms with van der Waals surface area (Å²) in [7, 11) is 0. The summed E-state index contributed by atoms with van der Waals surface area (Å²) in [6, 6.07) is 13.7.